The average molecular weight is 363 g/mol. The highest BCUT2D eigenvalue weighted by Gasteiger charge is 2.14. The van der Waals surface area contributed by atoms with Crippen LogP contribution >= 0.6 is 0 Å². The second kappa shape index (κ2) is 8.94. The molecule has 0 unspecified atom stereocenters. The molecule has 1 amide bonds. The minimum atomic E-state index is -3.63. The number of hydrogen-bond acceptors (Lipinski definition) is 4. The summed E-state index contributed by atoms with van der Waals surface area (Å²) in [5.74, 6) is -0.175. The smallest absolute Gasteiger partial charge is 0.240 e. The summed E-state index contributed by atoms with van der Waals surface area (Å²) in [4.78, 5) is 12.0. The van der Waals surface area contributed by atoms with Gasteiger partial charge in [0.1, 0.15) is 0 Å². The topological polar surface area (TPSA) is 87.3 Å². The summed E-state index contributed by atoms with van der Waals surface area (Å²) < 4.78 is 27.2. The molecule has 3 N–H and O–H groups in total. The Balaban J connectivity index is 1.87. The third-order valence-corrected chi connectivity index (χ3v) is 5.29. The van der Waals surface area contributed by atoms with Crippen molar-refractivity contribution in [1.29, 1.82) is 0 Å². The van der Waals surface area contributed by atoms with Gasteiger partial charge in [0.05, 0.1) is 4.90 Å². The SMILES string of the molecule is CCN[C@H](C)CNC(=O)CCNS(=O)(=O)c1ccc2ccccc2c1. The van der Waals surface area contributed by atoms with E-state index in [9.17, 15) is 13.2 Å². The number of benzene rings is 2. The number of carbonyl (C=O) groups excluding carboxylic acids is 1. The summed E-state index contributed by atoms with van der Waals surface area (Å²) >= 11 is 0. The van der Waals surface area contributed by atoms with E-state index in [4.69, 9.17) is 0 Å². The molecule has 0 aromatic heterocycles. The molecule has 2 aromatic carbocycles. The molecular formula is C18H25N3O3S. The van der Waals surface area contributed by atoms with Crippen LogP contribution < -0.4 is 15.4 Å². The van der Waals surface area contributed by atoms with Crippen LogP contribution in [0.1, 0.15) is 20.3 Å². The fourth-order valence-corrected chi connectivity index (χ4v) is 3.56. The lowest BCUT2D eigenvalue weighted by Crippen LogP contribution is -2.39. The number of amides is 1. The molecule has 0 saturated heterocycles. The first-order valence-electron chi connectivity index (χ1n) is 8.41. The minimum absolute atomic E-state index is 0.0661. The van der Waals surface area contributed by atoms with Crippen LogP contribution in [0.2, 0.25) is 0 Å². The Bertz CT molecular complexity index is 821. The van der Waals surface area contributed by atoms with Gasteiger partial charge in [0, 0.05) is 25.6 Å². The predicted octanol–water partition coefficient (Wildman–Crippen LogP) is 1.62. The van der Waals surface area contributed by atoms with Gasteiger partial charge in [0.15, 0.2) is 0 Å². The molecule has 25 heavy (non-hydrogen) atoms. The summed E-state index contributed by atoms with van der Waals surface area (Å²) in [5, 5.41) is 7.82. The lowest BCUT2D eigenvalue weighted by molar-refractivity contribution is -0.121. The second-order valence-electron chi connectivity index (χ2n) is 5.92. The van der Waals surface area contributed by atoms with Crippen molar-refractivity contribution in [3.05, 3.63) is 42.5 Å². The van der Waals surface area contributed by atoms with E-state index in [0.29, 0.717) is 6.54 Å². The fraction of sp³-hybridized carbons (Fsp3) is 0.389. The van der Waals surface area contributed by atoms with Crippen molar-refractivity contribution in [2.75, 3.05) is 19.6 Å². The monoisotopic (exact) mass is 363 g/mol. The number of hydrogen-bond donors (Lipinski definition) is 3. The Hall–Kier alpha value is -1.96. The van der Waals surface area contributed by atoms with Crippen LogP contribution in [0.4, 0.5) is 0 Å². The largest absolute Gasteiger partial charge is 0.355 e. The van der Waals surface area contributed by atoms with E-state index < -0.39 is 10.0 Å². The van der Waals surface area contributed by atoms with E-state index in [1.807, 2.05) is 38.1 Å². The lowest BCUT2D eigenvalue weighted by Gasteiger charge is -2.13. The molecule has 2 rings (SSSR count). The van der Waals surface area contributed by atoms with Crippen molar-refractivity contribution >= 4 is 26.7 Å². The van der Waals surface area contributed by atoms with Gasteiger partial charge >= 0.3 is 0 Å². The van der Waals surface area contributed by atoms with Gasteiger partial charge in [-0.05, 0) is 36.4 Å². The number of sulfonamides is 1. The summed E-state index contributed by atoms with van der Waals surface area (Å²) in [6, 6.07) is 12.7. The highest BCUT2D eigenvalue weighted by atomic mass is 32.2. The van der Waals surface area contributed by atoms with Crippen LogP contribution in [0.25, 0.3) is 10.8 Å². The number of fused-ring (bicyclic) bond motifs is 1. The molecule has 1 atom stereocenters. The number of rotatable bonds is 9. The van der Waals surface area contributed by atoms with Gasteiger partial charge in [-0.2, -0.15) is 0 Å². The maximum absolute atomic E-state index is 12.4. The number of nitrogens with one attached hydrogen (secondary N) is 3. The quantitative estimate of drug-likeness (QED) is 0.632. The van der Waals surface area contributed by atoms with E-state index in [-0.39, 0.29) is 29.8 Å². The zero-order chi connectivity index (χ0) is 18.3. The fourth-order valence-electron chi connectivity index (χ4n) is 2.49. The molecule has 7 heteroatoms. The van der Waals surface area contributed by atoms with E-state index in [1.165, 1.54) is 0 Å². The van der Waals surface area contributed by atoms with Gasteiger partial charge in [-0.1, -0.05) is 37.3 Å². The van der Waals surface area contributed by atoms with E-state index in [2.05, 4.69) is 15.4 Å². The Labute approximate surface area is 149 Å². The van der Waals surface area contributed by atoms with Crippen LogP contribution in [-0.2, 0) is 14.8 Å². The van der Waals surface area contributed by atoms with E-state index in [0.717, 1.165) is 17.3 Å². The molecule has 0 aliphatic rings. The zero-order valence-electron chi connectivity index (χ0n) is 14.6. The van der Waals surface area contributed by atoms with Gasteiger partial charge in [-0.3, -0.25) is 4.79 Å². The molecule has 0 radical (unpaired) electrons. The molecular weight excluding hydrogens is 338 g/mol. The van der Waals surface area contributed by atoms with Crippen LogP contribution in [0.15, 0.2) is 47.4 Å². The number of likely N-dealkylation sites (N-methyl/N-ethyl adjacent to an activating group) is 1. The molecule has 0 fully saturated rings. The Morgan fingerprint density at radius 1 is 1.12 bits per heavy atom. The summed E-state index contributed by atoms with van der Waals surface area (Å²) in [6.45, 7) is 5.40. The molecule has 0 aliphatic carbocycles. The minimum Gasteiger partial charge on any atom is -0.355 e. The van der Waals surface area contributed by atoms with E-state index >= 15 is 0 Å². The second-order valence-corrected chi connectivity index (χ2v) is 7.69. The lowest BCUT2D eigenvalue weighted by atomic mass is 10.1. The van der Waals surface area contributed by atoms with Crippen molar-refractivity contribution in [2.45, 2.75) is 31.2 Å². The standard InChI is InChI=1S/C18H25N3O3S/c1-3-19-14(2)13-20-18(22)10-11-21-25(23,24)17-9-8-15-6-4-5-7-16(15)12-17/h4-9,12,14,19,21H,3,10-11,13H2,1-2H3,(H,20,22)/t14-/m1/s1. The van der Waals surface area contributed by atoms with Gasteiger partial charge in [0.25, 0.3) is 0 Å². The van der Waals surface area contributed by atoms with E-state index in [1.54, 1.807) is 18.2 Å². The van der Waals surface area contributed by atoms with Crippen LogP contribution in [0, 0.1) is 0 Å². The van der Waals surface area contributed by atoms with Gasteiger partial charge in [-0.25, -0.2) is 13.1 Å². The highest BCUT2D eigenvalue weighted by Crippen LogP contribution is 2.18. The van der Waals surface area contributed by atoms with Gasteiger partial charge < -0.3 is 10.6 Å². The van der Waals surface area contributed by atoms with Crippen molar-refractivity contribution in [2.24, 2.45) is 0 Å². The molecule has 0 heterocycles. The van der Waals surface area contributed by atoms with Crippen LogP contribution in [0.5, 0.6) is 0 Å². The highest BCUT2D eigenvalue weighted by molar-refractivity contribution is 7.89. The van der Waals surface area contributed by atoms with Crippen molar-refractivity contribution in [1.82, 2.24) is 15.4 Å². The maximum Gasteiger partial charge on any atom is 0.240 e. The first kappa shape index (κ1) is 19.4. The first-order chi connectivity index (χ1) is 11.9. The molecule has 0 saturated carbocycles. The molecule has 136 valence electrons. The van der Waals surface area contributed by atoms with Gasteiger partial charge in [-0.15, -0.1) is 0 Å². The van der Waals surface area contributed by atoms with Gasteiger partial charge in [0.2, 0.25) is 15.9 Å². The molecule has 0 bridgehead atoms. The zero-order valence-corrected chi connectivity index (χ0v) is 15.4. The molecule has 0 aliphatic heterocycles. The normalized spacial score (nSPS) is 12.9. The third kappa shape index (κ3) is 5.81. The Morgan fingerprint density at radius 2 is 1.84 bits per heavy atom. The Kier molecular flexibility index (Phi) is 6.92. The number of carbonyl (C=O) groups is 1. The first-order valence-corrected chi connectivity index (χ1v) is 9.89. The summed E-state index contributed by atoms with van der Waals surface area (Å²) in [7, 11) is -3.63. The maximum atomic E-state index is 12.4. The van der Waals surface area contributed by atoms with Crippen molar-refractivity contribution in [3.8, 4) is 0 Å². The molecule has 6 nitrogen and oxygen atoms in total. The summed E-state index contributed by atoms with van der Waals surface area (Å²) in [5.41, 5.74) is 0. The van der Waals surface area contributed by atoms with Crippen molar-refractivity contribution < 1.29 is 13.2 Å². The summed E-state index contributed by atoms with van der Waals surface area (Å²) in [6.07, 6.45) is 0.103. The van der Waals surface area contributed by atoms with Crippen LogP contribution in [-0.4, -0.2) is 40.0 Å². The third-order valence-electron chi connectivity index (χ3n) is 3.83. The Morgan fingerprint density at radius 3 is 2.56 bits per heavy atom. The van der Waals surface area contributed by atoms with Crippen molar-refractivity contribution in [3.63, 3.8) is 0 Å². The average Bonchev–Trinajstić information content (AvgIpc) is 2.59. The molecule has 0 spiro atoms. The predicted molar refractivity (Wildman–Crippen MR) is 99.9 cm³/mol. The molecule has 2 aromatic rings. The van der Waals surface area contributed by atoms with Crippen LogP contribution in [0.3, 0.4) is 0 Å².